The topological polar surface area (TPSA) is 69.1 Å². The summed E-state index contributed by atoms with van der Waals surface area (Å²) in [6.07, 6.45) is 4.73. The summed E-state index contributed by atoms with van der Waals surface area (Å²) in [6.45, 7) is 3.65. The molecule has 3 heteroatoms. The Morgan fingerprint density at radius 3 is 2.29 bits per heavy atom. The molecule has 0 heterocycles. The Morgan fingerprint density at radius 2 is 1.62 bits per heavy atom. The fraction of sp³-hybridized carbons (Fsp3) is 0.0556. The van der Waals surface area contributed by atoms with Gasteiger partial charge in [-0.1, -0.05) is 73.3 Å². The van der Waals surface area contributed by atoms with Gasteiger partial charge in [-0.2, -0.15) is 0 Å². The van der Waals surface area contributed by atoms with E-state index in [2.05, 4.69) is 6.58 Å². The maximum Gasteiger partial charge on any atom is 0.185 e. The van der Waals surface area contributed by atoms with Crippen molar-refractivity contribution in [2.24, 2.45) is 11.5 Å². The fourth-order valence-electron chi connectivity index (χ4n) is 2.01. The molecule has 106 valence electrons. The Bertz CT molecular complexity index is 673. The summed E-state index contributed by atoms with van der Waals surface area (Å²) < 4.78 is 0. The molecule has 0 aliphatic carbocycles. The smallest absolute Gasteiger partial charge is 0.185 e. The van der Waals surface area contributed by atoms with Crippen molar-refractivity contribution >= 4 is 11.9 Å². The lowest BCUT2D eigenvalue weighted by Gasteiger charge is -2.22. The van der Waals surface area contributed by atoms with Crippen LogP contribution in [0.3, 0.4) is 0 Å². The van der Waals surface area contributed by atoms with E-state index in [0.717, 1.165) is 11.1 Å². The standard InChI is InChI=1S/C18H18N2O/c1-2-18(19,20)16-11-7-6-8-14(16)12-13-17(21)15-9-4-3-5-10-15/h2-13H,1,19-20H2. The molecule has 0 radical (unpaired) electrons. The van der Waals surface area contributed by atoms with Crippen LogP contribution in [-0.4, -0.2) is 5.78 Å². The van der Waals surface area contributed by atoms with Gasteiger partial charge in [0, 0.05) is 5.56 Å². The van der Waals surface area contributed by atoms with Crippen LogP contribution in [0.4, 0.5) is 0 Å². The molecule has 0 atom stereocenters. The van der Waals surface area contributed by atoms with Gasteiger partial charge in [0.05, 0.1) is 0 Å². The maximum atomic E-state index is 12.1. The predicted octanol–water partition coefficient (Wildman–Crippen LogP) is 2.84. The first-order chi connectivity index (χ1) is 10.0. The number of allylic oxidation sites excluding steroid dienone is 1. The van der Waals surface area contributed by atoms with E-state index >= 15 is 0 Å². The zero-order valence-corrected chi connectivity index (χ0v) is 11.7. The molecule has 0 unspecified atom stereocenters. The van der Waals surface area contributed by atoms with E-state index in [9.17, 15) is 4.79 Å². The van der Waals surface area contributed by atoms with Gasteiger partial charge < -0.3 is 11.5 Å². The van der Waals surface area contributed by atoms with Crippen molar-refractivity contribution in [1.82, 2.24) is 0 Å². The minimum absolute atomic E-state index is 0.0661. The van der Waals surface area contributed by atoms with Crippen LogP contribution >= 0.6 is 0 Å². The van der Waals surface area contributed by atoms with Crippen molar-refractivity contribution in [2.75, 3.05) is 0 Å². The highest BCUT2D eigenvalue weighted by Crippen LogP contribution is 2.20. The number of carbonyl (C=O) groups excluding carboxylic acids is 1. The van der Waals surface area contributed by atoms with Crippen LogP contribution in [0.5, 0.6) is 0 Å². The van der Waals surface area contributed by atoms with Crippen molar-refractivity contribution in [1.29, 1.82) is 0 Å². The zero-order valence-electron chi connectivity index (χ0n) is 11.7. The minimum atomic E-state index is -1.13. The average molecular weight is 278 g/mol. The first kappa shape index (κ1) is 14.9. The van der Waals surface area contributed by atoms with Crippen molar-refractivity contribution < 1.29 is 4.79 Å². The number of ketones is 1. The summed E-state index contributed by atoms with van der Waals surface area (Å²) in [7, 11) is 0. The zero-order chi connectivity index (χ0) is 15.3. The molecule has 0 fully saturated rings. The Morgan fingerprint density at radius 1 is 1.00 bits per heavy atom. The van der Waals surface area contributed by atoms with E-state index in [1.165, 1.54) is 12.2 Å². The van der Waals surface area contributed by atoms with E-state index in [0.29, 0.717) is 5.56 Å². The molecule has 0 amide bonds. The van der Waals surface area contributed by atoms with Gasteiger partial charge in [0.2, 0.25) is 0 Å². The Kier molecular flexibility index (Phi) is 4.48. The van der Waals surface area contributed by atoms with Crippen LogP contribution in [0, 0.1) is 0 Å². The average Bonchev–Trinajstić information content (AvgIpc) is 2.53. The van der Waals surface area contributed by atoms with Gasteiger partial charge in [-0.25, -0.2) is 0 Å². The van der Waals surface area contributed by atoms with E-state index in [4.69, 9.17) is 11.5 Å². The first-order valence-corrected chi connectivity index (χ1v) is 6.63. The number of carbonyl (C=O) groups is 1. The Balaban J connectivity index is 2.30. The molecule has 21 heavy (non-hydrogen) atoms. The van der Waals surface area contributed by atoms with Crippen LogP contribution in [0.1, 0.15) is 21.5 Å². The van der Waals surface area contributed by atoms with Crippen molar-refractivity contribution in [3.05, 3.63) is 90.0 Å². The van der Waals surface area contributed by atoms with Gasteiger partial charge in [0.1, 0.15) is 5.66 Å². The van der Waals surface area contributed by atoms with E-state index in [1.54, 1.807) is 18.2 Å². The lowest BCUT2D eigenvalue weighted by atomic mass is 9.95. The summed E-state index contributed by atoms with van der Waals surface area (Å²) in [5.41, 5.74) is 13.0. The summed E-state index contributed by atoms with van der Waals surface area (Å²) in [4.78, 5) is 12.1. The molecule has 0 saturated carbocycles. The number of benzene rings is 2. The minimum Gasteiger partial charge on any atom is -0.306 e. The third-order valence-electron chi connectivity index (χ3n) is 3.24. The van der Waals surface area contributed by atoms with Crippen molar-refractivity contribution in [3.8, 4) is 0 Å². The lowest BCUT2D eigenvalue weighted by molar-refractivity contribution is 0.104. The summed E-state index contributed by atoms with van der Waals surface area (Å²) >= 11 is 0. The second-order valence-corrected chi connectivity index (χ2v) is 4.79. The first-order valence-electron chi connectivity index (χ1n) is 6.63. The molecule has 0 bridgehead atoms. The molecule has 0 aromatic heterocycles. The van der Waals surface area contributed by atoms with Crippen molar-refractivity contribution in [2.45, 2.75) is 5.66 Å². The van der Waals surface area contributed by atoms with Gasteiger partial charge in [0.25, 0.3) is 0 Å². The van der Waals surface area contributed by atoms with Crippen LogP contribution in [0.2, 0.25) is 0 Å². The number of hydrogen-bond acceptors (Lipinski definition) is 3. The molecule has 2 rings (SSSR count). The van der Waals surface area contributed by atoms with Gasteiger partial charge in [-0.15, -0.1) is 0 Å². The summed E-state index contributed by atoms with van der Waals surface area (Å²) in [5.74, 6) is -0.0661. The molecular formula is C18H18N2O. The Labute approximate surface area is 124 Å². The lowest BCUT2D eigenvalue weighted by Crippen LogP contribution is -2.44. The monoisotopic (exact) mass is 278 g/mol. The molecule has 0 spiro atoms. The molecule has 2 aromatic rings. The van der Waals surface area contributed by atoms with Crippen molar-refractivity contribution in [3.63, 3.8) is 0 Å². The fourth-order valence-corrected chi connectivity index (χ4v) is 2.01. The highest BCUT2D eigenvalue weighted by molar-refractivity contribution is 6.06. The van der Waals surface area contributed by atoms with Gasteiger partial charge in [0.15, 0.2) is 5.78 Å². The number of hydrogen-bond donors (Lipinski definition) is 2. The molecule has 0 aliphatic rings. The van der Waals surface area contributed by atoms with E-state index in [-0.39, 0.29) is 5.78 Å². The highest BCUT2D eigenvalue weighted by atomic mass is 16.1. The summed E-state index contributed by atoms with van der Waals surface area (Å²) in [6, 6.07) is 16.5. The van der Waals surface area contributed by atoms with Crippen LogP contribution in [-0.2, 0) is 5.66 Å². The quantitative estimate of drug-likeness (QED) is 0.382. The summed E-state index contributed by atoms with van der Waals surface area (Å²) in [5, 5.41) is 0. The molecule has 0 aliphatic heterocycles. The van der Waals surface area contributed by atoms with Gasteiger partial charge in [-0.3, -0.25) is 4.79 Å². The predicted molar refractivity (Wildman–Crippen MR) is 86.5 cm³/mol. The van der Waals surface area contributed by atoms with Gasteiger partial charge in [-0.05, 0) is 17.2 Å². The molecular weight excluding hydrogens is 260 g/mol. The van der Waals surface area contributed by atoms with E-state index < -0.39 is 5.66 Å². The molecule has 3 nitrogen and oxygen atoms in total. The third-order valence-corrected chi connectivity index (χ3v) is 3.24. The second-order valence-electron chi connectivity index (χ2n) is 4.79. The van der Waals surface area contributed by atoms with Crippen LogP contribution in [0.25, 0.3) is 6.08 Å². The maximum absolute atomic E-state index is 12.1. The van der Waals surface area contributed by atoms with E-state index in [1.807, 2.05) is 42.5 Å². The SMILES string of the molecule is C=CC(N)(N)c1ccccc1C=CC(=O)c1ccccc1. The van der Waals surface area contributed by atoms with Crippen LogP contribution in [0.15, 0.2) is 73.3 Å². The van der Waals surface area contributed by atoms with Gasteiger partial charge >= 0.3 is 0 Å². The second kappa shape index (κ2) is 6.31. The molecule has 2 aromatic carbocycles. The Hall–Kier alpha value is -2.49. The molecule has 4 N–H and O–H groups in total. The van der Waals surface area contributed by atoms with Crippen LogP contribution < -0.4 is 11.5 Å². The number of rotatable bonds is 5. The number of nitrogens with two attached hydrogens (primary N) is 2. The normalized spacial score (nSPS) is 11.5. The molecule has 0 saturated heterocycles. The third kappa shape index (κ3) is 3.54. The largest absolute Gasteiger partial charge is 0.306 e. The highest BCUT2D eigenvalue weighted by Gasteiger charge is 2.19.